The molecule has 4 heteroatoms. The number of hydrogen-bond acceptors (Lipinski definition) is 2. The van der Waals surface area contributed by atoms with Crippen molar-refractivity contribution >= 4 is 11.8 Å². The van der Waals surface area contributed by atoms with E-state index < -0.39 is 11.6 Å². The molecular formula is C25H26N2O2. The summed E-state index contributed by atoms with van der Waals surface area (Å²) in [6.07, 6.45) is 0.144. The minimum Gasteiger partial charge on any atom is -0.331 e. The van der Waals surface area contributed by atoms with E-state index >= 15 is 0 Å². The molecule has 3 aromatic rings. The quantitative estimate of drug-likeness (QED) is 0.590. The van der Waals surface area contributed by atoms with E-state index in [2.05, 4.69) is 22.8 Å². The maximum atomic E-state index is 12.8. The molecule has 0 bridgehead atoms. The van der Waals surface area contributed by atoms with E-state index in [0.717, 1.165) is 5.56 Å². The number of amides is 2. The number of nitrogens with one attached hydrogen (secondary N) is 2. The first-order valence-corrected chi connectivity index (χ1v) is 9.71. The van der Waals surface area contributed by atoms with Gasteiger partial charge in [-0.15, -0.1) is 0 Å². The summed E-state index contributed by atoms with van der Waals surface area (Å²) in [5.74, 6) is -0.435. The van der Waals surface area contributed by atoms with Crippen LogP contribution >= 0.6 is 0 Å². The Bertz CT molecular complexity index is 885. The van der Waals surface area contributed by atoms with Gasteiger partial charge in [-0.3, -0.25) is 9.59 Å². The largest absolute Gasteiger partial charge is 0.331 e. The Morgan fingerprint density at radius 1 is 0.690 bits per heavy atom. The predicted molar refractivity (Wildman–Crippen MR) is 116 cm³/mol. The summed E-state index contributed by atoms with van der Waals surface area (Å²) in [6, 6.07) is 28.1. The molecule has 3 rings (SSSR count). The lowest BCUT2D eigenvalue weighted by atomic mass is 9.82. The highest BCUT2D eigenvalue weighted by Crippen LogP contribution is 2.26. The maximum Gasteiger partial charge on any atom is 0.252 e. The van der Waals surface area contributed by atoms with Crippen LogP contribution in [0.5, 0.6) is 0 Å². The fourth-order valence-electron chi connectivity index (χ4n) is 3.26. The first-order chi connectivity index (χ1) is 14.0. The third-order valence-corrected chi connectivity index (χ3v) is 4.91. The molecule has 29 heavy (non-hydrogen) atoms. The Morgan fingerprint density at radius 3 is 1.48 bits per heavy atom. The minimum absolute atomic E-state index is 0.218. The zero-order valence-electron chi connectivity index (χ0n) is 16.8. The van der Waals surface area contributed by atoms with E-state index in [0.29, 0.717) is 17.5 Å². The molecule has 0 aromatic heterocycles. The van der Waals surface area contributed by atoms with E-state index in [1.807, 2.05) is 68.4 Å². The number of rotatable bonds is 7. The standard InChI is InChI=1S/C25H26N2O2/c1-25(2,18-19-12-6-3-7-13-19)24(26-22(28)20-14-8-4-9-15-20)27-23(29)21-16-10-5-11-17-21/h3-17,24H,18H2,1-2H3,(H,26,28)(H,27,29). The lowest BCUT2D eigenvalue weighted by Gasteiger charge is -2.35. The van der Waals surface area contributed by atoms with Crippen molar-refractivity contribution in [3.05, 3.63) is 108 Å². The Balaban J connectivity index is 1.83. The molecular weight excluding hydrogens is 360 g/mol. The van der Waals surface area contributed by atoms with Crippen LogP contribution in [0.3, 0.4) is 0 Å². The van der Waals surface area contributed by atoms with Gasteiger partial charge in [0.2, 0.25) is 0 Å². The molecule has 0 unspecified atom stereocenters. The van der Waals surface area contributed by atoms with E-state index in [-0.39, 0.29) is 11.8 Å². The van der Waals surface area contributed by atoms with Crippen LogP contribution in [0.1, 0.15) is 40.1 Å². The molecule has 0 spiro atoms. The molecule has 0 atom stereocenters. The molecule has 0 saturated heterocycles. The van der Waals surface area contributed by atoms with E-state index in [9.17, 15) is 9.59 Å². The summed E-state index contributed by atoms with van der Waals surface area (Å²) in [7, 11) is 0. The third-order valence-electron chi connectivity index (χ3n) is 4.91. The molecule has 0 radical (unpaired) electrons. The zero-order valence-corrected chi connectivity index (χ0v) is 16.8. The number of benzene rings is 3. The van der Waals surface area contributed by atoms with E-state index in [1.165, 1.54) is 0 Å². The molecule has 0 aliphatic carbocycles. The van der Waals surface area contributed by atoms with Crippen LogP contribution in [0.4, 0.5) is 0 Å². The van der Waals surface area contributed by atoms with Gasteiger partial charge in [0.25, 0.3) is 11.8 Å². The summed E-state index contributed by atoms with van der Waals surface area (Å²) < 4.78 is 0. The first kappa shape index (κ1) is 20.3. The van der Waals surface area contributed by atoms with Crippen molar-refractivity contribution < 1.29 is 9.59 Å². The lowest BCUT2D eigenvalue weighted by molar-refractivity contribution is 0.0798. The normalized spacial score (nSPS) is 11.1. The van der Waals surface area contributed by atoms with Crippen molar-refractivity contribution in [2.45, 2.75) is 26.4 Å². The Hall–Kier alpha value is -3.40. The van der Waals surface area contributed by atoms with Gasteiger partial charge in [0, 0.05) is 16.5 Å². The summed E-state index contributed by atoms with van der Waals surface area (Å²) in [5, 5.41) is 6.05. The van der Waals surface area contributed by atoms with Crippen molar-refractivity contribution in [3.63, 3.8) is 0 Å². The van der Waals surface area contributed by atoms with Gasteiger partial charge in [-0.1, -0.05) is 80.6 Å². The van der Waals surface area contributed by atoms with Gasteiger partial charge in [0.1, 0.15) is 6.17 Å². The Morgan fingerprint density at radius 2 is 1.07 bits per heavy atom. The molecule has 148 valence electrons. The van der Waals surface area contributed by atoms with Crippen molar-refractivity contribution in [3.8, 4) is 0 Å². The van der Waals surface area contributed by atoms with Crippen LogP contribution in [-0.4, -0.2) is 18.0 Å². The van der Waals surface area contributed by atoms with Gasteiger partial charge in [0.15, 0.2) is 0 Å². The maximum absolute atomic E-state index is 12.8. The third kappa shape index (κ3) is 5.55. The van der Waals surface area contributed by atoms with Crippen LogP contribution in [0.15, 0.2) is 91.0 Å². The van der Waals surface area contributed by atoms with Gasteiger partial charge in [-0.05, 0) is 36.2 Å². The topological polar surface area (TPSA) is 58.2 Å². The van der Waals surface area contributed by atoms with Crippen molar-refractivity contribution in [1.82, 2.24) is 10.6 Å². The van der Waals surface area contributed by atoms with Gasteiger partial charge >= 0.3 is 0 Å². The molecule has 4 nitrogen and oxygen atoms in total. The summed E-state index contributed by atoms with van der Waals surface area (Å²) in [4.78, 5) is 25.6. The second-order valence-corrected chi connectivity index (χ2v) is 7.76. The fraction of sp³-hybridized carbons (Fsp3) is 0.200. The SMILES string of the molecule is CC(C)(Cc1ccccc1)C(NC(=O)c1ccccc1)NC(=O)c1ccccc1. The summed E-state index contributed by atoms with van der Waals surface area (Å²) in [6.45, 7) is 4.09. The van der Waals surface area contributed by atoms with E-state index in [4.69, 9.17) is 0 Å². The monoisotopic (exact) mass is 386 g/mol. The molecule has 0 fully saturated rings. The molecule has 0 saturated carbocycles. The fourth-order valence-corrected chi connectivity index (χ4v) is 3.26. The minimum atomic E-state index is -0.553. The number of hydrogen-bond donors (Lipinski definition) is 2. The molecule has 2 N–H and O–H groups in total. The highest BCUT2D eigenvalue weighted by atomic mass is 16.2. The Labute approximate surface area is 172 Å². The average Bonchev–Trinajstić information content (AvgIpc) is 2.74. The van der Waals surface area contributed by atoms with Gasteiger partial charge in [-0.2, -0.15) is 0 Å². The van der Waals surface area contributed by atoms with Crippen LogP contribution in [-0.2, 0) is 6.42 Å². The summed E-state index contributed by atoms with van der Waals surface area (Å²) >= 11 is 0. The number of carbonyl (C=O) groups excluding carboxylic acids is 2. The first-order valence-electron chi connectivity index (χ1n) is 9.71. The lowest BCUT2D eigenvalue weighted by Crippen LogP contribution is -2.56. The van der Waals surface area contributed by atoms with E-state index in [1.54, 1.807) is 24.3 Å². The van der Waals surface area contributed by atoms with Gasteiger partial charge < -0.3 is 10.6 Å². The molecule has 0 aliphatic rings. The average molecular weight is 386 g/mol. The summed E-state index contributed by atoms with van der Waals surface area (Å²) in [5.41, 5.74) is 1.84. The van der Waals surface area contributed by atoms with Crippen molar-refractivity contribution in [2.75, 3.05) is 0 Å². The Kier molecular flexibility index (Phi) is 6.45. The predicted octanol–water partition coefficient (Wildman–Crippen LogP) is 4.44. The second kappa shape index (κ2) is 9.20. The van der Waals surface area contributed by atoms with Crippen LogP contribution < -0.4 is 10.6 Å². The molecule has 0 heterocycles. The highest BCUT2D eigenvalue weighted by Gasteiger charge is 2.33. The highest BCUT2D eigenvalue weighted by molar-refractivity contribution is 5.96. The molecule has 2 amide bonds. The van der Waals surface area contributed by atoms with Crippen molar-refractivity contribution in [2.24, 2.45) is 5.41 Å². The van der Waals surface area contributed by atoms with Crippen molar-refractivity contribution in [1.29, 1.82) is 0 Å². The van der Waals surface area contributed by atoms with Crippen LogP contribution in [0.2, 0.25) is 0 Å². The second-order valence-electron chi connectivity index (χ2n) is 7.76. The smallest absolute Gasteiger partial charge is 0.252 e. The van der Waals surface area contributed by atoms with Gasteiger partial charge in [-0.25, -0.2) is 0 Å². The van der Waals surface area contributed by atoms with Crippen LogP contribution in [0.25, 0.3) is 0 Å². The van der Waals surface area contributed by atoms with Crippen LogP contribution in [0, 0.1) is 5.41 Å². The zero-order chi connectivity index (χ0) is 20.7. The molecule has 3 aromatic carbocycles. The van der Waals surface area contributed by atoms with Gasteiger partial charge in [0.05, 0.1) is 0 Å². The number of carbonyl (C=O) groups is 2. The molecule has 0 aliphatic heterocycles.